The van der Waals surface area contributed by atoms with Gasteiger partial charge in [-0.05, 0) is 11.6 Å². The molecule has 0 unspecified atom stereocenters. The fraction of sp³-hybridized carbons (Fsp3) is 0.190. The summed E-state index contributed by atoms with van der Waals surface area (Å²) in [5, 5.41) is 10.4. The molecule has 146 valence electrons. The molecule has 1 amide bonds. The Balaban J connectivity index is 1.48. The highest BCUT2D eigenvalue weighted by molar-refractivity contribution is 6.04. The van der Waals surface area contributed by atoms with Crippen molar-refractivity contribution in [3.63, 3.8) is 0 Å². The topological polar surface area (TPSA) is 93.9 Å². The number of carbonyl (C=O) groups is 2. The maximum atomic E-state index is 12.5. The van der Waals surface area contributed by atoms with Gasteiger partial charge >= 0.3 is 5.97 Å². The summed E-state index contributed by atoms with van der Waals surface area (Å²) in [4.78, 5) is 37.1. The number of carbonyl (C=O) groups excluding carboxylic acids is 2. The number of ether oxygens (including phenoxy) is 1. The van der Waals surface area contributed by atoms with Gasteiger partial charge in [-0.15, -0.1) is 0 Å². The lowest BCUT2D eigenvalue weighted by Crippen LogP contribution is -2.30. The average Bonchev–Trinajstić information content (AvgIpc) is 3.25. The highest BCUT2D eigenvalue weighted by atomic mass is 16.5. The smallest absolute Gasteiger partial charge is 0.359 e. The number of hydrogen-bond acceptors (Lipinski definition) is 6. The Labute approximate surface area is 166 Å². The first-order valence-electron chi connectivity index (χ1n) is 9.11. The number of hydrogen-bond donors (Lipinski definition) is 0. The predicted molar refractivity (Wildman–Crippen MR) is 107 cm³/mol. The average molecular weight is 390 g/mol. The summed E-state index contributed by atoms with van der Waals surface area (Å²) in [7, 11) is 1.46. The molecule has 2 aromatic carbocycles. The van der Waals surface area contributed by atoms with Crippen LogP contribution in [0.1, 0.15) is 22.5 Å². The molecular formula is C21H18N4O4. The molecule has 4 rings (SSSR count). The van der Waals surface area contributed by atoms with Crippen LogP contribution in [0.15, 0.2) is 64.5 Å². The zero-order valence-corrected chi connectivity index (χ0v) is 15.7. The SMILES string of the molecule is Cn1nc(C(=O)OCC(=O)N2CCC(c3ccccc3)=N2)c2ccccc2c1=O. The Morgan fingerprint density at radius 3 is 2.48 bits per heavy atom. The summed E-state index contributed by atoms with van der Waals surface area (Å²) in [6, 6.07) is 16.3. The molecule has 1 aromatic heterocycles. The summed E-state index contributed by atoms with van der Waals surface area (Å²) >= 11 is 0. The summed E-state index contributed by atoms with van der Waals surface area (Å²) < 4.78 is 6.25. The third-order valence-corrected chi connectivity index (χ3v) is 4.67. The first kappa shape index (κ1) is 18.5. The summed E-state index contributed by atoms with van der Waals surface area (Å²) in [5.74, 6) is -1.19. The number of fused-ring (bicyclic) bond motifs is 1. The van der Waals surface area contributed by atoms with E-state index in [1.807, 2.05) is 30.3 Å². The summed E-state index contributed by atoms with van der Waals surface area (Å²) in [5.41, 5.74) is 1.45. The van der Waals surface area contributed by atoms with E-state index in [4.69, 9.17) is 4.74 Å². The zero-order chi connectivity index (χ0) is 20.4. The van der Waals surface area contributed by atoms with E-state index in [0.29, 0.717) is 23.7 Å². The van der Waals surface area contributed by atoms with Crippen LogP contribution in [0.25, 0.3) is 10.8 Å². The van der Waals surface area contributed by atoms with Gasteiger partial charge in [0.25, 0.3) is 11.5 Å². The van der Waals surface area contributed by atoms with E-state index in [-0.39, 0.29) is 11.3 Å². The summed E-state index contributed by atoms with van der Waals surface area (Å²) in [6.07, 6.45) is 0.636. The van der Waals surface area contributed by atoms with E-state index < -0.39 is 18.5 Å². The molecule has 0 radical (unpaired) electrons. The number of aryl methyl sites for hydroxylation is 1. The van der Waals surface area contributed by atoms with Gasteiger partial charge < -0.3 is 4.74 Å². The van der Waals surface area contributed by atoms with E-state index >= 15 is 0 Å². The zero-order valence-electron chi connectivity index (χ0n) is 15.7. The maximum Gasteiger partial charge on any atom is 0.359 e. The van der Waals surface area contributed by atoms with Gasteiger partial charge in [0.1, 0.15) is 0 Å². The molecular weight excluding hydrogens is 372 g/mol. The van der Waals surface area contributed by atoms with E-state index in [1.54, 1.807) is 24.3 Å². The van der Waals surface area contributed by atoms with Gasteiger partial charge in [-0.1, -0.05) is 48.5 Å². The molecule has 0 saturated heterocycles. The van der Waals surface area contributed by atoms with Gasteiger partial charge in [-0.25, -0.2) is 14.5 Å². The lowest BCUT2D eigenvalue weighted by Gasteiger charge is -2.12. The Hall–Kier alpha value is -3.81. The third kappa shape index (κ3) is 3.64. The van der Waals surface area contributed by atoms with Gasteiger partial charge in [0.05, 0.1) is 17.6 Å². The fourth-order valence-corrected chi connectivity index (χ4v) is 3.19. The number of amides is 1. The molecule has 0 aliphatic carbocycles. The minimum absolute atomic E-state index is 0.00889. The number of nitrogens with zero attached hydrogens (tertiary/aromatic N) is 4. The second-order valence-corrected chi connectivity index (χ2v) is 6.58. The first-order valence-corrected chi connectivity index (χ1v) is 9.11. The monoisotopic (exact) mass is 390 g/mol. The highest BCUT2D eigenvalue weighted by Gasteiger charge is 2.24. The molecule has 1 aliphatic rings. The second-order valence-electron chi connectivity index (χ2n) is 6.58. The van der Waals surface area contributed by atoms with Gasteiger partial charge in [0.2, 0.25) is 0 Å². The summed E-state index contributed by atoms with van der Waals surface area (Å²) in [6.45, 7) is -0.0229. The fourth-order valence-electron chi connectivity index (χ4n) is 3.19. The third-order valence-electron chi connectivity index (χ3n) is 4.67. The molecule has 0 atom stereocenters. The van der Waals surface area contributed by atoms with Crippen LogP contribution in [0.4, 0.5) is 0 Å². The quantitative estimate of drug-likeness (QED) is 0.633. The lowest BCUT2D eigenvalue weighted by atomic mass is 10.1. The first-order chi connectivity index (χ1) is 14.0. The van der Waals surface area contributed by atoms with Crippen molar-refractivity contribution in [3.05, 3.63) is 76.2 Å². The number of esters is 1. The number of aromatic nitrogens is 2. The van der Waals surface area contributed by atoms with Crippen molar-refractivity contribution in [2.45, 2.75) is 6.42 Å². The molecule has 0 N–H and O–H groups in total. The molecule has 8 heteroatoms. The Kier molecular flexibility index (Phi) is 4.90. The van der Waals surface area contributed by atoms with Crippen LogP contribution in [0.3, 0.4) is 0 Å². The molecule has 3 aromatic rings. The van der Waals surface area contributed by atoms with Crippen molar-refractivity contribution in [1.82, 2.24) is 14.8 Å². The van der Waals surface area contributed by atoms with E-state index in [1.165, 1.54) is 12.1 Å². The largest absolute Gasteiger partial charge is 0.451 e. The molecule has 8 nitrogen and oxygen atoms in total. The van der Waals surface area contributed by atoms with Crippen LogP contribution < -0.4 is 5.56 Å². The second kappa shape index (κ2) is 7.67. The molecule has 0 fully saturated rings. The Morgan fingerprint density at radius 1 is 1.03 bits per heavy atom. The Bertz CT molecular complexity index is 1180. The minimum atomic E-state index is -0.767. The van der Waals surface area contributed by atoms with Crippen LogP contribution in [-0.2, 0) is 16.6 Å². The van der Waals surface area contributed by atoms with Crippen LogP contribution in [0.2, 0.25) is 0 Å². The molecule has 29 heavy (non-hydrogen) atoms. The van der Waals surface area contributed by atoms with E-state index in [2.05, 4.69) is 10.2 Å². The van der Waals surface area contributed by atoms with Crippen molar-refractivity contribution in [3.8, 4) is 0 Å². The number of hydrazone groups is 1. The van der Waals surface area contributed by atoms with Crippen LogP contribution >= 0.6 is 0 Å². The van der Waals surface area contributed by atoms with Crippen molar-refractivity contribution >= 4 is 28.4 Å². The lowest BCUT2D eigenvalue weighted by molar-refractivity contribution is -0.134. The molecule has 2 heterocycles. The number of rotatable bonds is 4. The standard InChI is InChI=1S/C21H18N4O4/c1-24-20(27)16-10-6-5-9-15(16)19(23-24)21(28)29-13-18(26)25-12-11-17(22-25)14-7-3-2-4-8-14/h2-10H,11-13H2,1H3. The van der Waals surface area contributed by atoms with Crippen molar-refractivity contribution in [2.24, 2.45) is 12.1 Å². The van der Waals surface area contributed by atoms with Crippen LogP contribution in [-0.4, -0.2) is 45.5 Å². The van der Waals surface area contributed by atoms with Gasteiger partial charge in [-0.2, -0.15) is 10.2 Å². The molecule has 0 saturated carbocycles. The maximum absolute atomic E-state index is 12.5. The van der Waals surface area contributed by atoms with E-state index in [0.717, 1.165) is 16.0 Å². The van der Waals surface area contributed by atoms with Crippen LogP contribution in [0.5, 0.6) is 0 Å². The van der Waals surface area contributed by atoms with Gasteiger partial charge in [0, 0.05) is 18.9 Å². The van der Waals surface area contributed by atoms with Crippen molar-refractivity contribution < 1.29 is 14.3 Å². The molecule has 0 spiro atoms. The number of benzene rings is 2. The predicted octanol–water partition coefficient (Wildman–Crippen LogP) is 1.73. The van der Waals surface area contributed by atoms with Crippen LogP contribution in [0, 0.1) is 0 Å². The van der Waals surface area contributed by atoms with Crippen molar-refractivity contribution in [1.29, 1.82) is 0 Å². The normalized spacial score (nSPS) is 13.4. The van der Waals surface area contributed by atoms with Gasteiger partial charge in [0.15, 0.2) is 12.3 Å². The van der Waals surface area contributed by atoms with Crippen molar-refractivity contribution in [2.75, 3.05) is 13.2 Å². The minimum Gasteiger partial charge on any atom is -0.451 e. The van der Waals surface area contributed by atoms with E-state index in [9.17, 15) is 14.4 Å². The molecule has 0 bridgehead atoms. The highest BCUT2D eigenvalue weighted by Crippen LogP contribution is 2.16. The Morgan fingerprint density at radius 2 is 1.72 bits per heavy atom. The van der Waals surface area contributed by atoms with Gasteiger partial charge in [-0.3, -0.25) is 9.59 Å². The molecule has 1 aliphatic heterocycles.